The van der Waals surface area contributed by atoms with Gasteiger partial charge < -0.3 is 9.47 Å². The molecule has 0 saturated carbocycles. The molecule has 0 bridgehead atoms. The van der Waals surface area contributed by atoms with E-state index in [1.807, 2.05) is 0 Å². The fourth-order valence-corrected chi connectivity index (χ4v) is 7.49. The van der Waals surface area contributed by atoms with Crippen LogP contribution in [0, 0.1) is 0 Å². The highest BCUT2D eigenvalue weighted by Gasteiger charge is 2.22. The van der Waals surface area contributed by atoms with Crippen LogP contribution in [0.1, 0.15) is 104 Å². The zero-order valence-electron chi connectivity index (χ0n) is 29.4. The SMILES string of the molecule is CCCCCCCCCOc1c2ccccc2c(-c2c3ccccc3c(OCCCCCCCCC)c3ccccc23)c2ccccc12. The third kappa shape index (κ3) is 7.64. The van der Waals surface area contributed by atoms with Crippen molar-refractivity contribution in [3.63, 3.8) is 0 Å². The minimum Gasteiger partial charge on any atom is -0.492 e. The fraction of sp³-hybridized carbons (Fsp3) is 0.391. The molecule has 0 unspecified atom stereocenters. The third-order valence-corrected chi connectivity index (χ3v) is 10.0. The summed E-state index contributed by atoms with van der Waals surface area (Å²) >= 11 is 0. The molecule has 2 nitrogen and oxygen atoms in total. The lowest BCUT2D eigenvalue weighted by Gasteiger charge is -2.22. The third-order valence-electron chi connectivity index (χ3n) is 10.0. The van der Waals surface area contributed by atoms with Crippen LogP contribution in [0.3, 0.4) is 0 Å². The van der Waals surface area contributed by atoms with E-state index in [1.165, 1.54) is 131 Å². The van der Waals surface area contributed by atoms with Crippen LogP contribution in [0.4, 0.5) is 0 Å². The first-order valence-corrected chi connectivity index (χ1v) is 19.0. The van der Waals surface area contributed by atoms with E-state index < -0.39 is 0 Å². The van der Waals surface area contributed by atoms with Gasteiger partial charge in [0.05, 0.1) is 13.2 Å². The monoisotopic (exact) mass is 638 g/mol. The van der Waals surface area contributed by atoms with Crippen molar-refractivity contribution in [1.29, 1.82) is 0 Å². The van der Waals surface area contributed by atoms with Crippen molar-refractivity contribution in [1.82, 2.24) is 0 Å². The van der Waals surface area contributed by atoms with Gasteiger partial charge >= 0.3 is 0 Å². The van der Waals surface area contributed by atoms with Crippen LogP contribution in [0.2, 0.25) is 0 Å². The van der Waals surface area contributed by atoms with Crippen molar-refractivity contribution in [3.05, 3.63) is 97.1 Å². The molecule has 6 aromatic rings. The van der Waals surface area contributed by atoms with Crippen LogP contribution in [0.15, 0.2) is 97.1 Å². The molecule has 0 aromatic heterocycles. The molecule has 0 aliphatic rings. The summed E-state index contributed by atoms with van der Waals surface area (Å²) in [6.45, 7) is 6.05. The summed E-state index contributed by atoms with van der Waals surface area (Å²) in [6, 6.07) is 35.4. The van der Waals surface area contributed by atoms with Crippen molar-refractivity contribution < 1.29 is 9.47 Å². The molecule has 0 radical (unpaired) electrons. The van der Waals surface area contributed by atoms with Crippen molar-refractivity contribution in [2.45, 2.75) is 104 Å². The Hall–Kier alpha value is -4.04. The van der Waals surface area contributed by atoms with Gasteiger partial charge in [0.1, 0.15) is 11.5 Å². The predicted octanol–water partition coefficient (Wildman–Crippen LogP) is 14.2. The van der Waals surface area contributed by atoms with Crippen LogP contribution in [0.25, 0.3) is 54.2 Å². The Morgan fingerprint density at radius 3 is 0.854 bits per heavy atom. The first kappa shape index (κ1) is 33.8. The second kappa shape index (κ2) is 17.4. The zero-order chi connectivity index (χ0) is 33.0. The van der Waals surface area contributed by atoms with Crippen LogP contribution in [-0.4, -0.2) is 13.2 Å². The Kier molecular flexibility index (Phi) is 12.3. The molecule has 6 aromatic carbocycles. The average Bonchev–Trinajstić information content (AvgIpc) is 3.13. The summed E-state index contributed by atoms with van der Waals surface area (Å²) in [5.74, 6) is 2.03. The van der Waals surface area contributed by atoms with Gasteiger partial charge in [-0.1, -0.05) is 188 Å². The molecular formula is C46H54O2. The lowest BCUT2D eigenvalue weighted by Crippen LogP contribution is -2.01. The molecule has 0 N–H and O–H groups in total. The first-order valence-electron chi connectivity index (χ1n) is 19.0. The number of rotatable bonds is 19. The Labute approximate surface area is 288 Å². The van der Waals surface area contributed by atoms with Gasteiger partial charge in [0, 0.05) is 21.5 Å². The smallest absolute Gasteiger partial charge is 0.134 e. The largest absolute Gasteiger partial charge is 0.492 e. The van der Waals surface area contributed by atoms with Crippen LogP contribution >= 0.6 is 0 Å². The van der Waals surface area contributed by atoms with E-state index >= 15 is 0 Å². The van der Waals surface area contributed by atoms with Crippen LogP contribution in [-0.2, 0) is 0 Å². The van der Waals surface area contributed by atoms with Gasteiger partial charge in [-0.25, -0.2) is 0 Å². The first-order chi connectivity index (χ1) is 23.8. The zero-order valence-corrected chi connectivity index (χ0v) is 29.4. The van der Waals surface area contributed by atoms with Gasteiger partial charge in [0.15, 0.2) is 0 Å². The van der Waals surface area contributed by atoms with Crippen molar-refractivity contribution in [3.8, 4) is 22.6 Å². The highest BCUT2D eigenvalue weighted by molar-refractivity contribution is 6.26. The van der Waals surface area contributed by atoms with Crippen LogP contribution in [0.5, 0.6) is 11.5 Å². The second-order valence-corrected chi connectivity index (χ2v) is 13.5. The number of ether oxygens (including phenoxy) is 2. The highest BCUT2D eigenvalue weighted by atomic mass is 16.5. The average molecular weight is 639 g/mol. The Bertz CT molecular complexity index is 1660. The molecular weight excluding hydrogens is 585 g/mol. The van der Waals surface area contributed by atoms with E-state index in [1.54, 1.807) is 0 Å². The van der Waals surface area contributed by atoms with Gasteiger partial charge in [-0.05, 0) is 45.5 Å². The quantitative estimate of drug-likeness (QED) is 0.0649. The van der Waals surface area contributed by atoms with E-state index in [2.05, 4.69) is 111 Å². The van der Waals surface area contributed by atoms with E-state index in [0.29, 0.717) is 0 Å². The van der Waals surface area contributed by atoms with Crippen molar-refractivity contribution in [2.75, 3.05) is 13.2 Å². The molecule has 0 amide bonds. The molecule has 2 heteroatoms. The number of benzene rings is 6. The topological polar surface area (TPSA) is 18.5 Å². The number of hydrogen-bond acceptors (Lipinski definition) is 2. The minimum atomic E-state index is 0.748. The van der Waals surface area contributed by atoms with Gasteiger partial charge in [0.2, 0.25) is 0 Å². The Balaban J connectivity index is 1.39. The standard InChI is InChI=1S/C46H54O2/c1-3-5-7-9-11-13-23-33-47-45-39-29-19-15-25-35(39)43(36-26-16-20-30-40(36)45)44-37-27-17-21-31-41(37)46(42-32-22-18-28-38(42)44)48-34-24-14-12-10-8-6-4-2/h15-22,25-32H,3-14,23-24,33-34H2,1-2H3. The number of fused-ring (bicyclic) bond motifs is 4. The van der Waals surface area contributed by atoms with Crippen molar-refractivity contribution >= 4 is 43.1 Å². The summed E-state index contributed by atoms with van der Waals surface area (Å²) in [5.41, 5.74) is 2.55. The summed E-state index contributed by atoms with van der Waals surface area (Å²) in [7, 11) is 0. The number of hydrogen-bond donors (Lipinski definition) is 0. The lowest BCUT2D eigenvalue weighted by atomic mass is 9.85. The van der Waals surface area contributed by atoms with E-state index in [0.717, 1.165) is 37.6 Å². The molecule has 0 aliphatic carbocycles. The van der Waals surface area contributed by atoms with E-state index in [4.69, 9.17) is 9.47 Å². The normalized spacial score (nSPS) is 11.6. The van der Waals surface area contributed by atoms with Gasteiger partial charge in [-0.15, -0.1) is 0 Å². The molecule has 0 aliphatic heterocycles. The van der Waals surface area contributed by atoms with Gasteiger partial charge in [0.25, 0.3) is 0 Å². The predicted molar refractivity (Wildman–Crippen MR) is 209 cm³/mol. The van der Waals surface area contributed by atoms with Gasteiger partial charge in [-0.3, -0.25) is 0 Å². The lowest BCUT2D eigenvalue weighted by molar-refractivity contribution is 0.311. The molecule has 0 spiro atoms. The Morgan fingerprint density at radius 2 is 0.562 bits per heavy atom. The second-order valence-electron chi connectivity index (χ2n) is 13.5. The molecule has 0 atom stereocenters. The highest BCUT2D eigenvalue weighted by Crippen LogP contribution is 2.49. The van der Waals surface area contributed by atoms with Crippen molar-refractivity contribution in [2.24, 2.45) is 0 Å². The Morgan fingerprint density at radius 1 is 0.312 bits per heavy atom. The van der Waals surface area contributed by atoms with E-state index in [-0.39, 0.29) is 0 Å². The maximum atomic E-state index is 6.72. The summed E-state index contributed by atoms with van der Waals surface area (Å²) < 4.78 is 13.4. The molecule has 0 fully saturated rings. The summed E-state index contributed by atoms with van der Waals surface area (Å²) in [5, 5.41) is 9.66. The van der Waals surface area contributed by atoms with Crippen LogP contribution < -0.4 is 9.47 Å². The fourth-order valence-electron chi connectivity index (χ4n) is 7.49. The molecule has 0 saturated heterocycles. The molecule has 250 valence electrons. The maximum absolute atomic E-state index is 6.72. The molecule has 48 heavy (non-hydrogen) atoms. The summed E-state index contributed by atoms with van der Waals surface area (Å²) in [4.78, 5) is 0. The molecule has 0 heterocycles. The number of unbranched alkanes of at least 4 members (excludes halogenated alkanes) is 12. The van der Waals surface area contributed by atoms with Gasteiger partial charge in [-0.2, -0.15) is 0 Å². The summed E-state index contributed by atoms with van der Waals surface area (Å²) in [6.07, 6.45) is 17.9. The minimum absolute atomic E-state index is 0.748. The maximum Gasteiger partial charge on any atom is 0.134 e. The van der Waals surface area contributed by atoms with E-state index in [9.17, 15) is 0 Å². The molecule has 6 rings (SSSR count).